The summed E-state index contributed by atoms with van der Waals surface area (Å²) in [5.41, 5.74) is -1.65. The Labute approximate surface area is 77.2 Å². The number of alkyl halides is 3. The lowest BCUT2D eigenvalue weighted by molar-refractivity contribution is -0.255. The Kier molecular flexibility index (Phi) is 2.46. The summed E-state index contributed by atoms with van der Waals surface area (Å²) in [6.07, 6.45) is -4.56. The smallest absolute Gasteiger partial charge is 0.433 e. The maximum Gasteiger partial charge on any atom is 0.433 e. The molecule has 0 radical (unpaired) electrons. The van der Waals surface area contributed by atoms with Crippen LogP contribution in [0.1, 0.15) is 21.7 Å². The van der Waals surface area contributed by atoms with Gasteiger partial charge in [0.1, 0.15) is 5.69 Å². The Balaban J connectivity index is 3.20. The topological polar surface area (TPSA) is 53.0 Å². The van der Waals surface area contributed by atoms with E-state index < -0.39 is 17.8 Å². The summed E-state index contributed by atoms with van der Waals surface area (Å²) in [4.78, 5) is 13.5. The molecule has 0 spiro atoms. The van der Waals surface area contributed by atoms with Gasteiger partial charge in [0.2, 0.25) is 0 Å². The maximum absolute atomic E-state index is 12.1. The molecule has 0 atom stereocenters. The second kappa shape index (κ2) is 3.28. The van der Waals surface area contributed by atoms with Gasteiger partial charge in [0, 0.05) is 11.3 Å². The highest BCUT2D eigenvalue weighted by atomic mass is 19.4. The Hall–Kier alpha value is -1.59. The molecule has 0 aliphatic carbocycles. The van der Waals surface area contributed by atoms with E-state index in [2.05, 4.69) is 4.98 Å². The summed E-state index contributed by atoms with van der Waals surface area (Å²) in [7, 11) is 0. The zero-order chi connectivity index (χ0) is 10.9. The van der Waals surface area contributed by atoms with Gasteiger partial charge in [0.15, 0.2) is 0 Å². The molecule has 0 unspecified atom stereocenters. The van der Waals surface area contributed by atoms with Crippen molar-refractivity contribution in [3.63, 3.8) is 0 Å². The minimum atomic E-state index is -4.56. The van der Waals surface area contributed by atoms with Gasteiger partial charge >= 0.3 is 6.18 Å². The Bertz CT molecular complexity index is 373. The molecule has 1 aromatic heterocycles. The predicted molar refractivity (Wildman–Crippen MR) is 38.3 cm³/mol. The fourth-order valence-corrected chi connectivity index (χ4v) is 0.935. The summed E-state index contributed by atoms with van der Waals surface area (Å²) in [6, 6.07) is 1.44. The highest BCUT2D eigenvalue weighted by molar-refractivity contribution is 5.86. The summed E-state index contributed by atoms with van der Waals surface area (Å²) < 4.78 is 36.2. The average molecular weight is 204 g/mol. The van der Waals surface area contributed by atoms with Gasteiger partial charge in [-0.25, -0.2) is 4.98 Å². The number of carboxylic acids is 1. The number of hydrogen-bond donors (Lipinski definition) is 0. The van der Waals surface area contributed by atoms with Crippen LogP contribution in [0.2, 0.25) is 0 Å². The molecule has 0 aliphatic rings. The van der Waals surface area contributed by atoms with Crippen molar-refractivity contribution in [2.75, 3.05) is 0 Å². The summed E-state index contributed by atoms with van der Waals surface area (Å²) >= 11 is 0. The first-order valence-electron chi connectivity index (χ1n) is 3.58. The molecule has 0 bridgehead atoms. The molecule has 0 fully saturated rings. The molecule has 3 nitrogen and oxygen atoms in total. The number of pyridine rings is 1. The Morgan fingerprint density at radius 2 is 2.00 bits per heavy atom. The molecule has 0 N–H and O–H groups in total. The number of carboxylic acid groups (broad SMARTS) is 1. The third kappa shape index (κ3) is 2.01. The first-order valence-corrected chi connectivity index (χ1v) is 3.58. The number of aromatic carboxylic acids is 1. The van der Waals surface area contributed by atoms with E-state index in [4.69, 9.17) is 0 Å². The van der Waals surface area contributed by atoms with Gasteiger partial charge in [-0.05, 0) is 19.1 Å². The molecule has 1 rings (SSSR count). The van der Waals surface area contributed by atoms with Crippen LogP contribution in [-0.4, -0.2) is 11.0 Å². The fraction of sp³-hybridized carbons (Fsp3) is 0.250. The fourth-order valence-electron chi connectivity index (χ4n) is 0.935. The summed E-state index contributed by atoms with van der Waals surface area (Å²) in [5, 5.41) is 10.4. The number of aryl methyl sites for hydroxylation is 1. The van der Waals surface area contributed by atoms with Crippen LogP contribution in [0.4, 0.5) is 13.2 Å². The molecule has 76 valence electrons. The second-order valence-electron chi connectivity index (χ2n) is 2.61. The van der Waals surface area contributed by atoms with Gasteiger partial charge in [0.05, 0.1) is 5.97 Å². The van der Waals surface area contributed by atoms with Crippen LogP contribution in [0.15, 0.2) is 12.1 Å². The van der Waals surface area contributed by atoms with Crippen molar-refractivity contribution >= 4 is 5.97 Å². The van der Waals surface area contributed by atoms with Crippen molar-refractivity contribution in [1.82, 2.24) is 4.98 Å². The van der Waals surface area contributed by atoms with Crippen molar-refractivity contribution in [1.29, 1.82) is 0 Å². The van der Waals surface area contributed by atoms with Crippen LogP contribution in [-0.2, 0) is 6.18 Å². The minimum absolute atomic E-state index is 0.208. The molecule has 6 heteroatoms. The molecular weight excluding hydrogens is 199 g/mol. The average Bonchev–Trinajstić information content (AvgIpc) is 2.01. The van der Waals surface area contributed by atoms with E-state index in [0.29, 0.717) is 6.07 Å². The zero-order valence-corrected chi connectivity index (χ0v) is 7.05. The third-order valence-corrected chi connectivity index (χ3v) is 1.60. The number of carbonyl (C=O) groups is 1. The highest BCUT2D eigenvalue weighted by Gasteiger charge is 2.32. The van der Waals surface area contributed by atoms with Crippen LogP contribution in [0.5, 0.6) is 0 Å². The third-order valence-electron chi connectivity index (χ3n) is 1.60. The van der Waals surface area contributed by atoms with E-state index in [0.717, 1.165) is 6.07 Å². The Morgan fingerprint density at radius 1 is 1.43 bits per heavy atom. The lowest BCUT2D eigenvalue weighted by Gasteiger charge is -2.10. The lowest BCUT2D eigenvalue weighted by Crippen LogP contribution is -2.24. The molecule has 0 saturated heterocycles. The minimum Gasteiger partial charge on any atom is -0.545 e. The quantitative estimate of drug-likeness (QED) is 0.678. The maximum atomic E-state index is 12.1. The van der Waals surface area contributed by atoms with Crippen molar-refractivity contribution < 1.29 is 23.1 Å². The molecule has 0 aromatic carbocycles. The predicted octanol–water partition coefficient (Wildman–Crippen LogP) is 0.772. The number of aromatic nitrogens is 1. The molecule has 0 aliphatic heterocycles. The van der Waals surface area contributed by atoms with Crippen LogP contribution < -0.4 is 5.11 Å². The van der Waals surface area contributed by atoms with E-state index >= 15 is 0 Å². The van der Waals surface area contributed by atoms with E-state index in [9.17, 15) is 23.1 Å². The van der Waals surface area contributed by atoms with Crippen LogP contribution in [0.3, 0.4) is 0 Å². The van der Waals surface area contributed by atoms with E-state index in [1.165, 1.54) is 6.92 Å². The van der Waals surface area contributed by atoms with Crippen molar-refractivity contribution in [2.45, 2.75) is 13.1 Å². The molecule has 0 saturated carbocycles. The number of hydrogen-bond acceptors (Lipinski definition) is 3. The summed E-state index contributed by atoms with van der Waals surface area (Å²) in [5.74, 6) is -1.54. The van der Waals surface area contributed by atoms with E-state index in [1.807, 2.05) is 0 Å². The van der Waals surface area contributed by atoms with Gasteiger partial charge < -0.3 is 9.90 Å². The molecule has 1 heterocycles. The van der Waals surface area contributed by atoms with E-state index in [1.54, 1.807) is 0 Å². The van der Waals surface area contributed by atoms with Crippen LogP contribution >= 0.6 is 0 Å². The van der Waals surface area contributed by atoms with Gasteiger partial charge in [-0.3, -0.25) is 0 Å². The molecule has 14 heavy (non-hydrogen) atoms. The first kappa shape index (κ1) is 10.5. The SMILES string of the molecule is Cc1nc(C(F)(F)F)ccc1C(=O)[O-]. The normalized spacial score (nSPS) is 11.4. The second-order valence-corrected chi connectivity index (χ2v) is 2.61. The largest absolute Gasteiger partial charge is 0.545 e. The number of halogens is 3. The first-order chi connectivity index (χ1) is 6.32. The van der Waals surface area contributed by atoms with Gasteiger partial charge in [-0.1, -0.05) is 0 Å². The molecule has 0 amide bonds. The van der Waals surface area contributed by atoms with Gasteiger partial charge in [-0.2, -0.15) is 13.2 Å². The molecule has 1 aromatic rings. The highest BCUT2D eigenvalue weighted by Crippen LogP contribution is 2.27. The van der Waals surface area contributed by atoms with Crippen molar-refractivity contribution in [3.05, 3.63) is 29.1 Å². The van der Waals surface area contributed by atoms with Crippen LogP contribution in [0.25, 0.3) is 0 Å². The number of rotatable bonds is 1. The van der Waals surface area contributed by atoms with Crippen LogP contribution in [0, 0.1) is 6.92 Å². The summed E-state index contributed by atoms with van der Waals surface area (Å²) in [6.45, 7) is 1.18. The standard InChI is InChI=1S/C8H6F3NO2/c1-4-5(7(13)14)2-3-6(12-4)8(9,10)11/h2-3H,1H3,(H,13,14)/p-1. The van der Waals surface area contributed by atoms with Crippen molar-refractivity contribution in [2.24, 2.45) is 0 Å². The van der Waals surface area contributed by atoms with Gasteiger partial charge in [0.25, 0.3) is 0 Å². The zero-order valence-electron chi connectivity index (χ0n) is 7.05. The lowest BCUT2D eigenvalue weighted by atomic mass is 10.2. The van der Waals surface area contributed by atoms with E-state index in [-0.39, 0.29) is 11.3 Å². The molecular formula is C8H5F3NO2-. The van der Waals surface area contributed by atoms with Crippen molar-refractivity contribution in [3.8, 4) is 0 Å². The monoisotopic (exact) mass is 204 g/mol. The Morgan fingerprint density at radius 3 is 2.36 bits per heavy atom. The number of nitrogens with zero attached hydrogens (tertiary/aromatic N) is 1. The number of carbonyl (C=O) groups excluding carboxylic acids is 1. The van der Waals surface area contributed by atoms with Gasteiger partial charge in [-0.15, -0.1) is 0 Å².